The van der Waals surface area contributed by atoms with E-state index in [2.05, 4.69) is 15.0 Å². The second-order valence-corrected chi connectivity index (χ2v) is 4.75. The number of rotatable bonds is 2. The van der Waals surface area contributed by atoms with Gasteiger partial charge in [-0.25, -0.2) is 15.0 Å². The van der Waals surface area contributed by atoms with Gasteiger partial charge in [-0.1, -0.05) is 0 Å². The maximum absolute atomic E-state index is 10.0. The first-order valence-corrected chi connectivity index (χ1v) is 6.18. The third-order valence-electron chi connectivity index (χ3n) is 3.23. The summed E-state index contributed by atoms with van der Waals surface area (Å²) in [5, 5.41) is 28.9. The van der Waals surface area contributed by atoms with Gasteiger partial charge in [-0.15, -0.1) is 0 Å². The van der Waals surface area contributed by atoms with Gasteiger partial charge in [0.25, 0.3) is 0 Å². The first kappa shape index (κ1) is 13.5. The molecular weight excluding hydrogens is 290 g/mol. The van der Waals surface area contributed by atoms with Gasteiger partial charge in [0.05, 0.1) is 6.61 Å². The molecule has 3 heterocycles. The largest absolute Gasteiger partial charge is 0.394 e. The molecule has 1 aliphatic heterocycles. The monoisotopic (exact) mass is 301 g/mol. The Hall–Kier alpha value is -1.52. The summed E-state index contributed by atoms with van der Waals surface area (Å²) in [5.74, 6) is 0.141. The van der Waals surface area contributed by atoms with Gasteiger partial charge in [0.15, 0.2) is 23.2 Å². The number of imidazole rings is 1. The molecule has 0 saturated carbocycles. The Kier molecular flexibility index (Phi) is 3.22. The molecule has 20 heavy (non-hydrogen) atoms. The zero-order valence-electron chi connectivity index (χ0n) is 10.1. The van der Waals surface area contributed by atoms with E-state index in [1.807, 2.05) is 0 Å². The summed E-state index contributed by atoms with van der Waals surface area (Å²) in [6, 6.07) is 0. The molecule has 10 heteroatoms. The minimum absolute atomic E-state index is 0.0120. The minimum atomic E-state index is -1.28. The maximum Gasteiger partial charge on any atom is 0.207 e. The van der Waals surface area contributed by atoms with Crippen LogP contribution in [0, 0.1) is 0 Å². The van der Waals surface area contributed by atoms with Crippen LogP contribution in [-0.4, -0.2) is 59.8 Å². The molecule has 1 saturated heterocycles. The standard InChI is InChI=1S/C10H12ClN5O4/c11-10-15-4-7(12)13-2-14-8(4)16(10)9-6(19)5(18)3(1-17)20-9/h2-3,5-6,9,17-19H,1H2,(H2,12,13,14)/t3-,5+,6?,9-/m1/s1. The van der Waals surface area contributed by atoms with Crippen molar-refractivity contribution < 1.29 is 20.1 Å². The van der Waals surface area contributed by atoms with Crippen LogP contribution in [0.25, 0.3) is 11.2 Å². The first-order valence-electron chi connectivity index (χ1n) is 5.81. The van der Waals surface area contributed by atoms with Crippen molar-refractivity contribution >= 4 is 28.6 Å². The molecule has 0 spiro atoms. The van der Waals surface area contributed by atoms with Crippen molar-refractivity contribution in [1.82, 2.24) is 19.5 Å². The number of nitrogens with zero attached hydrogens (tertiary/aromatic N) is 4. The molecule has 2 aromatic heterocycles. The van der Waals surface area contributed by atoms with Crippen molar-refractivity contribution in [3.63, 3.8) is 0 Å². The Balaban J connectivity index is 2.11. The molecule has 3 rings (SSSR count). The minimum Gasteiger partial charge on any atom is -0.394 e. The van der Waals surface area contributed by atoms with Crippen LogP contribution >= 0.6 is 11.6 Å². The number of hydrogen-bond acceptors (Lipinski definition) is 8. The van der Waals surface area contributed by atoms with Gasteiger partial charge in [-0.3, -0.25) is 4.57 Å². The maximum atomic E-state index is 10.0. The lowest BCUT2D eigenvalue weighted by atomic mass is 10.1. The topological polar surface area (TPSA) is 140 Å². The number of halogens is 1. The number of fused-ring (bicyclic) bond motifs is 1. The average molecular weight is 302 g/mol. The summed E-state index contributed by atoms with van der Waals surface area (Å²) in [4.78, 5) is 11.8. The molecule has 4 atom stereocenters. The smallest absolute Gasteiger partial charge is 0.207 e. The van der Waals surface area contributed by atoms with E-state index in [1.165, 1.54) is 10.9 Å². The molecule has 2 aromatic rings. The third kappa shape index (κ3) is 1.83. The van der Waals surface area contributed by atoms with Crippen LogP contribution < -0.4 is 5.73 Å². The van der Waals surface area contributed by atoms with E-state index in [4.69, 9.17) is 27.2 Å². The molecule has 5 N–H and O–H groups in total. The van der Waals surface area contributed by atoms with Crippen molar-refractivity contribution in [2.75, 3.05) is 12.3 Å². The number of ether oxygens (including phenoxy) is 1. The molecule has 1 unspecified atom stereocenters. The summed E-state index contributed by atoms with van der Waals surface area (Å²) in [7, 11) is 0. The predicted octanol–water partition coefficient (Wildman–Crippen LogP) is -1.33. The first-order chi connectivity index (χ1) is 9.54. The van der Waals surface area contributed by atoms with Crippen LogP contribution in [0.4, 0.5) is 5.82 Å². The number of aliphatic hydroxyl groups excluding tert-OH is 3. The van der Waals surface area contributed by atoms with Crippen LogP contribution in [0.1, 0.15) is 6.23 Å². The molecule has 0 aromatic carbocycles. The van der Waals surface area contributed by atoms with Gasteiger partial charge in [0.1, 0.15) is 24.6 Å². The Morgan fingerprint density at radius 1 is 1.35 bits per heavy atom. The lowest BCUT2D eigenvalue weighted by Crippen LogP contribution is -2.33. The number of aromatic nitrogens is 4. The zero-order chi connectivity index (χ0) is 14.4. The second-order valence-electron chi connectivity index (χ2n) is 4.41. The van der Waals surface area contributed by atoms with Crippen molar-refractivity contribution in [3.8, 4) is 0 Å². The SMILES string of the molecule is Nc1ncnc2c1nc(Cl)n2[C@@H]1O[C@H](CO)[C@H](O)C1O. The van der Waals surface area contributed by atoms with E-state index in [-0.39, 0.29) is 22.3 Å². The second kappa shape index (κ2) is 4.79. The average Bonchev–Trinajstić information content (AvgIpc) is 2.90. The highest BCUT2D eigenvalue weighted by atomic mass is 35.5. The zero-order valence-corrected chi connectivity index (χ0v) is 10.8. The Bertz CT molecular complexity index is 650. The Morgan fingerprint density at radius 3 is 2.75 bits per heavy atom. The van der Waals surface area contributed by atoms with Gasteiger partial charge < -0.3 is 25.8 Å². The van der Waals surface area contributed by atoms with Crippen molar-refractivity contribution in [3.05, 3.63) is 11.6 Å². The number of nitrogens with two attached hydrogens (primary N) is 1. The Labute approximate surface area is 117 Å². The molecule has 1 fully saturated rings. The van der Waals surface area contributed by atoms with E-state index >= 15 is 0 Å². The summed E-state index contributed by atoms with van der Waals surface area (Å²) >= 11 is 6.02. The van der Waals surface area contributed by atoms with E-state index in [1.54, 1.807) is 0 Å². The lowest BCUT2D eigenvalue weighted by Gasteiger charge is -2.17. The highest BCUT2D eigenvalue weighted by molar-refractivity contribution is 6.29. The van der Waals surface area contributed by atoms with Gasteiger partial charge in [-0.05, 0) is 11.6 Å². The van der Waals surface area contributed by atoms with Crippen molar-refractivity contribution in [2.45, 2.75) is 24.5 Å². The van der Waals surface area contributed by atoms with E-state index in [9.17, 15) is 10.2 Å². The van der Waals surface area contributed by atoms with E-state index in [0.29, 0.717) is 0 Å². The quantitative estimate of drug-likeness (QED) is 0.500. The molecule has 0 aliphatic carbocycles. The fraction of sp³-hybridized carbons (Fsp3) is 0.500. The molecule has 1 aliphatic rings. The lowest BCUT2D eigenvalue weighted by molar-refractivity contribution is -0.0509. The Morgan fingerprint density at radius 2 is 2.10 bits per heavy atom. The van der Waals surface area contributed by atoms with Gasteiger partial charge in [-0.2, -0.15) is 0 Å². The number of hydrogen-bond donors (Lipinski definition) is 4. The molecule has 0 bridgehead atoms. The number of anilines is 1. The summed E-state index contributed by atoms with van der Waals surface area (Å²) in [6.45, 7) is -0.434. The summed E-state index contributed by atoms with van der Waals surface area (Å²) in [6.07, 6.45) is -3.22. The normalized spacial score (nSPS) is 30.2. The fourth-order valence-electron chi connectivity index (χ4n) is 2.22. The molecule has 0 radical (unpaired) electrons. The molecular formula is C10H12ClN5O4. The van der Waals surface area contributed by atoms with Crippen LogP contribution in [0.15, 0.2) is 6.33 Å². The van der Waals surface area contributed by atoms with Crippen LogP contribution in [0.5, 0.6) is 0 Å². The highest BCUT2D eigenvalue weighted by Crippen LogP contribution is 2.34. The van der Waals surface area contributed by atoms with E-state index < -0.39 is 31.1 Å². The van der Waals surface area contributed by atoms with Crippen LogP contribution in [0.2, 0.25) is 5.28 Å². The van der Waals surface area contributed by atoms with Crippen molar-refractivity contribution in [2.24, 2.45) is 0 Å². The highest BCUT2D eigenvalue weighted by Gasteiger charge is 2.44. The third-order valence-corrected chi connectivity index (χ3v) is 3.50. The van der Waals surface area contributed by atoms with Gasteiger partial charge in [0.2, 0.25) is 5.28 Å². The fourth-order valence-corrected chi connectivity index (χ4v) is 2.48. The summed E-state index contributed by atoms with van der Waals surface area (Å²) in [5.41, 5.74) is 6.22. The van der Waals surface area contributed by atoms with Gasteiger partial charge in [0, 0.05) is 0 Å². The van der Waals surface area contributed by atoms with Gasteiger partial charge >= 0.3 is 0 Å². The summed E-state index contributed by atoms with van der Waals surface area (Å²) < 4.78 is 6.70. The van der Waals surface area contributed by atoms with Crippen LogP contribution in [-0.2, 0) is 4.74 Å². The molecule has 9 nitrogen and oxygen atoms in total. The number of nitrogen functional groups attached to an aromatic ring is 1. The predicted molar refractivity (Wildman–Crippen MR) is 67.8 cm³/mol. The number of aliphatic hydroxyl groups is 3. The molecule has 0 amide bonds. The van der Waals surface area contributed by atoms with E-state index in [0.717, 1.165) is 0 Å². The van der Waals surface area contributed by atoms with Crippen LogP contribution in [0.3, 0.4) is 0 Å². The molecule has 108 valence electrons. The van der Waals surface area contributed by atoms with Crippen molar-refractivity contribution in [1.29, 1.82) is 0 Å².